The van der Waals surface area contributed by atoms with Crippen LogP contribution in [0.15, 0.2) is 18.2 Å². The average molecular weight is 273 g/mol. The van der Waals surface area contributed by atoms with Crippen molar-refractivity contribution < 1.29 is 0 Å². The molecule has 2 atom stereocenters. The van der Waals surface area contributed by atoms with Crippen LogP contribution in [0.2, 0.25) is 0 Å². The van der Waals surface area contributed by atoms with Crippen LogP contribution in [0.3, 0.4) is 0 Å². The van der Waals surface area contributed by atoms with E-state index in [4.69, 9.17) is 5.73 Å². The third kappa shape index (κ3) is 2.70. The lowest BCUT2D eigenvalue weighted by molar-refractivity contribution is 0.0354. The molecule has 0 saturated carbocycles. The van der Waals surface area contributed by atoms with E-state index in [2.05, 4.69) is 35.9 Å². The summed E-state index contributed by atoms with van der Waals surface area (Å²) < 4.78 is 0. The summed E-state index contributed by atoms with van der Waals surface area (Å²) in [6, 6.07) is 7.13. The third-order valence-electron chi connectivity index (χ3n) is 5.31. The molecule has 0 bridgehead atoms. The van der Waals surface area contributed by atoms with Crippen LogP contribution < -0.4 is 5.73 Å². The summed E-state index contributed by atoms with van der Waals surface area (Å²) in [6.07, 6.45) is 4.09. The van der Waals surface area contributed by atoms with Gasteiger partial charge >= 0.3 is 0 Å². The number of nitrogens with zero attached hydrogens (tertiary/aromatic N) is 2. The Labute approximate surface area is 122 Å². The summed E-state index contributed by atoms with van der Waals surface area (Å²) >= 11 is 0. The van der Waals surface area contributed by atoms with Crippen LogP contribution in [0.1, 0.15) is 30.4 Å². The molecule has 2 N–H and O–H groups in total. The van der Waals surface area contributed by atoms with Crippen molar-refractivity contribution in [1.29, 1.82) is 0 Å². The van der Waals surface area contributed by atoms with Crippen molar-refractivity contribution in [3.63, 3.8) is 0 Å². The Hall–Kier alpha value is -1.06. The number of nitrogen functional groups attached to an aromatic ring is 1. The third-order valence-corrected chi connectivity index (χ3v) is 5.31. The molecule has 20 heavy (non-hydrogen) atoms. The highest BCUT2D eigenvalue weighted by Gasteiger charge is 2.34. The maximum absolute atomic E-state index is 6.02. The molecule has 0 radical (unpaired) electrons. The Bertz CT molecular complexity index is 471. The second-order valence-electron chi connectivity index (χ2n) is 6.61. The van der Waals surface area contributed by atoms with Gasteiger partial charge in [-0.15, -0.1) is 0 Å². The smallest absolute Gasteiger partial charge is 0.0346 e. The van der Waals surface area contributed by atoms with Crippen LogP contribution in [-0.2, 0) is 6.54 Å². The molecule has 0 amide bonds. The Morgan fingerprint density at radius 1 is 1.25 bits per heavy atom. The summed E-state index contributed by atoms with van der Waals surface area (Å²) in [5, 5.41) is 0. The van der Waals surface area contributed by atoms with Gasteiger partial charge in [0.2, 0.25) is 0 Å². The number of rotatable bonds is 2. The molecular formula is C17H27N3. The van der Waals surface area contributed by atoms with Gasteiger partial charge in [-0.2, -0.15) is 0 Å². The van der Waals surface area contributed by atoms with Crippen molar-refractivity contribution in [3.05, 3.63) is 29.3 Å². The lowest BCUT2D eigenvalue weighted by atomic mass is 9.84. The molecule has 3 nitrogen and oxygen atoms in total. The minimum atomic E-state index is 0.821. The van der Waals surface area contributed by atoms with Crippen LogP contribution >= 0.6 is 0 Å². The molecule has 0 aliphatic carbocycles. The van der Waals surface area contributed by atoms with E-state index >= 15 is 0 Å². The van der Waals surface area contributed by atoms with Gasteiger partial charge in [-0.1, -0.05) is 12.1 Å². The SMILES string of the molecule is Cc1c(N)cccc1CN1CCC2C(CCCN2C)C1. The van der Waals surface area contributed by atoms with Gasteiger partial charge in [-0.05, 0) is 69.4 Å². The first kappa shape index (κ1) is 13.9. The average Bonchev–Trinajstić information content (AvgIpc) is 2.44. The second-order valence-corrected chi connectivity index (χ2v) is 6.61. The van der Waals surface area contributed by atoms with Crippen LogP contribution in [0.25, 0.3) is 0 Å². The van der Waals surface area contributed by atoms with Crippen LogP contribution in [-0.4, -0.2) is 42.5 Å². The monoisotopic (exact) mass is 273 g/mol. The molecule has 3 heteroatoms. The second kappa shape index (κ2) is 5.74. The highest BCUT2D eigenvalue weighted by atomic mass is 15.2. The summed E-state index contributed by atoms with van der Waals surface area (Å²) in [4.78, 5) is 5.21. The lowest BCUT2D eigenvalue weighted by Crippen LogP contribution is -2.52. The van der Waals surface area contributed by atoms with Gasteiger partial charge in [-0.3, -0.25) is 4.90 Å². The number of benzene rings is 1. The molecule has 2 fully saturated rings. The van der Waals surface area contributed by atoms with Crippen molar-refractivity contribution in [1.82, 2.24) is 9.80 Å². The first-order valence-electron chi connectivity index (χ1n) is 7.91. The fourth-order valence-electron chi connectivity index (χ4n) is 3.99. The summed E-state index contributed by atoms with van der Waals surface area (Å²) in [7, 11) is 2.30. The standard InChI is InChI=1S/C17H27N3/c1-13-14(5-3-7-16(13)18)11-20-10-8-17-15(12-20)6-4-9-19(17)2/h3,5,7,15,17H,4,6,8-12,18H2,1-2H3. The molecule has 2 unspecified atom stereocenters. The van der Waals surface area contributed by atoms with Crippen molar-refractivity contribution in [2.45, 2.75) is 38.8 Å². The van der Waals surface area contributed by atoms with Crippen LogP contribution in [0.5, 0.6) is 0 Å². The van der Waals surface area contributed by atoms with E-state index in [1.807, 2.05) is 6.07 Å². The van der Waals surface area contributed by atoms with Crippen molar-refractivity contribution in [3.8, 4) is 0 Å². The number of piperidine rings is 2. The van der Waals surface area contributed by atoms with Gasteiger partial charge in [0.05, 0.1) is 0 Å². The zero-order valence-corrected chi connectivity index (χ0v) is 12.8. The van der Waals surface area contributed by atoms with E-state index in [1.54, 1.807) is 0 Å². The molecule has 2 aliphatic heterocycles. The fourth-order valence-corrected chi connectivity index (χ4v) is 3.99. The molecule has 0 aromatic heterocycles. The number of anilines is 1. The van der Waals surface area contributed by atoms with E-state index in [-0.39, 0.29) is 0 Å². The molecule has 1 aromatic rings. The minimum Gasteiger partial charge on any atom is -0.399 e. The number of hydrogen-bond donors (Lipinski definition) is 1. The van der Waals surface area contributed by atoms with Crippen LogP contribution in [0.4, 0.5) is 5.69 Å². The van der Waals surface area contributed by atoms with E-state index in [0.29, 0.717) is 0 Å². The summed E-state index contributed by atoms with van der Waals surface area (Å²) in [5.41, 5.74) is 9.61. The minimum absolute atomic E-state index is 0.821. The van der Waals surface area contributed by atoms with E-state index in [9.17, 15) is 0 Å². The normalized spacial score (nSPS) is 28.3. The molecular weight excluding hydrogens is 246 g/mol. The van der Waals surface area contributed by atoms with Gasteiger partial charge in [0.15, 0.2) is 0 Å². The largest absolute Gasteiger partial charge is 0.399 e. The van der Waals surface area contributed by atoms with E-state index in [0.717, 1.165) is 24.2 Å². The summed E-state index contributed by atoms with van der Waals surface area (Å²) in [6.45, 7) is 6.97. The Kier molecular flexibility index (Phi) is 3.99. The Morgan fingerprint density at radius 2 is 2.10 bits per heavy atom. The van der Waals surface area contributed by atoms with E-state index < -0.39 is 0 Å². The first-order chi connectivity index (χ1) is 9.65. The quantitative estimate of drug-likeness (QED) is 0.840. The van der Waals surface area contributed by atoms with Gasteiger partial charge in [0.1, 0.15) is 0 Å². The van der Waals surface area contributed by atoms with Gasteiger partial charge in [0.25, 0.3) is 0 Å². The molecule has 0 spiro atoms. The molecule has 2 aliphatic rings. The van der Waals surface area contributed by atoms with E-state index in [1.165, 1.54) is 50.0 Å². The van der Waals surface area contributed by atoms with Crippen molar-refractivity contribution in [2.24, 2.45) is 5.92 Å². The van der Waals surface area contributed by atoms with Gasteiger partial charge in [0, 0.05) is 24.8 Å². The molecule has 2 heterocycles. The molecule has 110 valence electrons. The molecule has 1 aromatic carbocycles. The van der Waals surface area contributed by atoms with Crippen molar-refractivity contribution in [2.75, 3.05) is 32.4 Å². The molecule has 2 saturated heterocycles. The maximum Gasteiger partial charge on any atom is 0.0346 e. The Morgan fingerprint density at radius 3 is 2.95 bits per heavy atom. The highest BCUT2D eigenvalue weighted by Crippen LogP contribution is 2.30. The van der Waals surface area contributed by atoms with Gasteiger partial charge in [-0.25, -0.2) is 0 Å². The maximum atomic E-state index is 6.02. The predicted molar refractivity (Wildman–Crippen MR) is 84.6 cm³/mol. The number of hydrogen-bond acceptors (Lipinski definition) is 3. The van der Waals surface area contributed by atoms with Gasteiger partial charge < -0.3 is 10.6 Å². The van der Waals surface area contributed by atoms with Crippen molar-refractivity contribution >= 4 is 5.69 Å². The highest BCUT2D eigenvalue weighted by molar-refractivity contribution is 5.49. The lowest BCUT2D eigenvalue weighted by Gasteiger charge is -2.46. The topological polar surface area (TPSA) is 32.5 Å². The Balaban J connectivity index is 1.66. The number of fused-ring (bicyclic) bond motifs is 1. The molecule has 3 rings (SSSR count). The zero-order valence-electron chi connectivity index (χ0n) is 12.8. The summed E-state index contributed by atoms with van der Waals surface area (Å²) in [5.74, 6) is 0.865. The fraction of sp³-hybridized carbons (Fsp3) is 0.647. The predicted octanol–water partition coefficient (Wildman–Crippen LogP) is 2.49. The number of nitrogens with two attached hydrogens (primary N) is 1. The van der Waals surface area contributed by atoms with Crippen LogP contribution in [0, 0.1) is 12.8 Å². The zero-order chi connectivity index (χ0) is 14.1. The number of likely N-dealkylation sites (tertiary alicyclic amines) is 2. The first-order valence-corrected chi connectivity index (χ1v) is 7.91.